The van der Waals surface area contributed by atoms with Gasteiger partial charge >= 0.3 is 5.97 Å². The summed E-state index contributed by atoms with van der Waals surface area (Å²) in [5.41, 5.74) is -0.361. The molecule has 96 valence electrons. The van der Waals surface area contributed by atoms with Crippen LogP contribution in [0.4, 0.5) is 0 Å². The quantitative estimate of drug-likeness (QED) is 0.708. The molecule has 5 unspecified atom stereocenters. The summed E-state index contributed by atoms with van der Waals surface area (Å²) in [6, 6.07) is 0. The topological polar surface area (TPSA) is 35.5 Å². The van der Waals surface area contributed by atoms with Gasteiger partial charge < -0.3 is 9.47 Å². The van der Waals surface area contributed by atoms with Crippen molar-refractivity contribution >= 4 is 5.97 Å². The summed E-state index contributed by atoms with van der Waals surface area (Å²) in [7, 11) is 0. The van der Waals surface area contributed by atoms with Crippen molar-refractivity contribution in [1.29, 1.82) is 0 Å². The minimum absolute atomic E-state index is 0.0390. The fourth-order valence-electron chi connectivity index (χ4n) is 3.62. The molecular formula is C14H22O3. The monoisotopic (exact) mass is 238 g/mol. The molecule has 5 atom stereocenters. The Labute approximate surface area is 103 Å². The first kappa shape index (κ1) is 11.5. The maximum Gasteiger partial charge on any atom is 0.311 e. The molecule has 0 amide bonds. The van der Waals surface area contributed by atoms with Gasteiger partial charge in [-0.15, -0.1) is 0 Å². The summed E-state index contributed by atoms with van der Waals surface area (Å²) in [6.45, 7) is 6.84. The van der Waals surface area contributed by atoms with E-state index in [1.165, 1.54) is 12.8 Å². The molecule has 1 saturated heterocycles. The van der Waals surface area contributed by atoms with Gasteiger partial charge in [0.2, 0.25) is 0 Å². The lowest BCUT2D eigenvalue weighted by Gasteiger charge is -2.30. The van der Waals surface area contributed by atoms with Gasteiger partial charge in [-0.2, -0.15) is 0 Å². The summed E-state index contributed by atoms with van der Waals surface area (Å²) in [6.07, 6.45) is 3.47. The third kappa shape index (κ3) is 1.62. The molecule has 0 spiro atoms. The number of fused-ring (bicyclic) bond motifs is 1. The van der Waals surface area contributed by atoms with Gasteiger partial charge in [0.05, 0.1) is 18.1 Å². The Morgan fingerprint density at radius 3 is 2.82 bits per heavy atom. The highest BCUT2D eigenvalue weighted by Crippen LogP contribution is 2.55. The lowest BCUT2D eigenvalue weighted by atomic mass is 9.87. The maximum absolute atomic E-state index is 12.1. The average molecular weight is 238 g/mol. The molecule has 3 aliphatic rings. The van der Waals surface area contributed by atoms with Crippen molar-refractivity contribution in [2.24, 2.45) is 23.2 Å². The second-order valence-corrected chi connectivity index (χ2v) is 6.56. The molecule has 2 aliphatic carbocycles. The Kier molecular flexibility index (Phi) is 2.51. The van der Waals surface area contributed by atoms with Gasteiger partial charge in [0.1, 0.15) is 6.10 Å². The molecule has 0 N–H and O–H groups in total. The largest absolute Gasteiger partial charge is 0.459 e. The van der Waals surface area contributed by atoms with Crippen LogP contribution in [0.2, 0.25) is 0 Å². The minimum atomic E-state index is -0.361. The van der Waals surface area contributed by atoms with Crippen molar-refractivity contribution in [3.8, 4) is 0 Å². The molecule has 3 fully saturated rings. The van der Waals surface area contributed by atoms with E-state index in [0.29, 0.717) is 11.8 Å². The Morgan fingerprint density at radius 1 is 1.35 bits per heavy atom. The lowest BCUT2D eigenvalue weighted by molar-refractivity contribution is -0.168. The molecule has 2 bridgehead atoms. The number of carbonyl (C=O) groups is 1. The van der Waals surface area contributed by atoms with E-state index in [1.54, 1.807) is 0 Å². The van der Waals surface area contributed by atoms with E-state index in [1.807, 2.05) is 20.8 Å². The standard InChI is InChI=1S/C14H22O3/c1-4-14(2,3)13(15)17-11-8-5-9-7-16-12(11)10(9)6-8/h8-12H,4-7H2,1-3H3. The van der Waals surface area contributed by atoms with Crippen LogP contribution in [0.3, 0.4) is 0 Å². The molecule has 1 heterocycles. The van der Waals surface area contributed by atoms with Crippen LogP contribution in [0, 0.1) is 23.2 Å². The SMILES string of the molecule is CCC(C)(C)C(=O)OC1C2CC3COC1C3C2. The van der Waals surface area contributed by atoms with Gasteiger partial charge in [-0.3, -0.25) is 4.79 Å². The Morgan fingerprint density at radius 2 is 2.12 bits per heavy atom. The zero-order valence-electron chi connectivity index (χ0n) is 10.9. The Balaban J connectivity index is 1.69. The first-order valence-electron chi connectivity index (χ1n) is 6.85. The highest BCUT2D eigenvalue weighted by Gasteiger charge is 2.59. The van der Waals surface area contributed by atoms with Crippen molar-refractivity contribution in [3.63, 3.8) is 0 Å². The van der Waals surface area contributed by atoms with Crippen LogP contribution in [0.25, 0.3) is 0 Å². The van der Waals surface area contributed by atoms with Crippen LogP contribution in [-0.2, 0) is 14.3 Å². The van der Waals surface area contributed by atoms with Crippen LogP contribution in [0.1, 0.15) is 40.0 Å². The predicted octanol–water partition coefficient (Wildman–Crippen LogP) is 2.39. The van der Waals surface area contributed by atoms with Crippen molar-refractivity contribution < 1.29 is 14.3 Å². The van der Waals surface area contributed by atoms with Crippen molar-refractivity contribution in [2.45, 2.75) is 52.2 Å². The van der Waals surface area contributed by atoms with Gasteiger partial charge in [-0.05, 0) is 50.9 Å². The van der Waals surface area contributed by atoms with Crippen LogP contribution in [0.5, 0.6) is 0 Å². The molecule has 3 nitrogen and oxygen atoms in total. The second kappa shape index (κ2) is 3.71. The van der Waals surface area contributed by atoms with Gasteiger partial charge in [-0.25, -0.2) is 0 Å². The molecule has 17 heavy (non-hydrogen) atoms. The molecule has 0 aromatic rings. The summed E-state index contributed by atoms with van der Waals surface area (Å²) >= 11 is 0. The summed E-state index contributed by atoms with van der Waals surface area (Å²) in [5.74, 6) is 1.93. The average Bonchev–Trinajstić information content (AvgIpc) is 2.89. The summed E-state index contributed by atoms with van der Waals surface area (Å²) in [4.78, 5) is 12.1. The molecule has 3 heteroatoms. The Hall–Kier alpha value is -0.570. The van der Waals surface area contributed by atoms with Gasteiger partial charge in [-0.1, -0.05) is 6.92 Å². The highest BCUT2D eigenvalue weighted by molar-refractivity contribution is 5.76. The number of hydrogen-bond acceptors (Lipinski definition) is 3. The number of ether oxygens (including phenoxy) is 2. The van der Waals surface area contributed by atoms with E-state index in [4.69, 9.17) is 9.47 Å². The summed E-state index contributed by atoms with van der Waals surface area (Å²) in [5, 5.41) is 0. The van der Waals surface area contributed by atoms with E-state index in [2.05, 4.69) is 0 Å². The molecule has 3 rings (SSSR count). The van der Waals surface area contributed by atoms with E-state index < -0.39 is 0 Å². The van der Waals surface area contributed by atoms with Crippen molar-refractivity contribution in [3.05, 3.63) is 0 Å². The number of esters is 1. The van der Waals surface area contributed by atoms with Crippen molar-refractivity contribution in [1.82, 2.24) is 0 Å². The zero-order valence-corrected chi connectivity index (χ0v) is 10.9. The lowest BCUT2D eigenvalue weighted by Crippen LogP contribution is -2.39. The highest BCUT2D eigenvalue weighted by atomic mass is 16.6. The normalized spacial score (nSPS) is 43.1. The molecule has 0 radical (unpaired) electrons. The van der Waals surface area contributed by atoms with Gasteiger partial charge in [0.25, 0.3) is 0 Å². The first-order chi connectivity index (χ1) is 8.03. The van der Waals surface area contributed by atoms with Crippen LogP contribution in [0.15, 0.2) is 0 Å². The van der Waals surface area contributed by atoms with Crippen LogP contribution in [-0.4, -0.2) is 24.8 Å². The number of rotatable bonds is 3. The Bertz CT molecular complexity index is 334. The van der Waals surface area contributed by atoms with E-state index in [0.717, 1.165) is 18.9 Å². The van der Waals surface area contributed by atoms with E-state index in [9.17, 15) is 4.79 Å². The third-order valence-corrected chi connectivity index (χ3v) is 5.18. The maximum atomic E-state index is 12.1. The van der Waals surface area contributed by atoms with E-state index >= 15 is 0 Å². The van der Waals surface area contributed by atoms with Crippen LogP contribution < -0.4 is 0 Å². The van der Waals surface area contributed by atoms with Crippen molar-refractivity contribution in [2.75, 3.05) is 6.61 Å². The fraction of sp³-hybridized carbons (Fsp3) is 0.929. The number of carbonyl (C=O) groups excluding carboxylic acids is 1. The molecule has 1 aliphatic heterocycles. The zero-order chi connectivity index (χ0) is 12.2. The fourth-order valence-corrected chi connectivity index (χ4v) is 3.62. The minimum Gasteiger partial charge on any atom is -0.459 e. The molecule has 0 aromatic carbocycles. The van der Waals surface area contributed by atoms with Gasteiger partial charge in [0.15, 0.2) is 0 Å². The van der Waals surface area contributed by atoms with Gasteiger partial charge in [0, 0.05) is 0 Å². The number of hydrogen-bond donors (Lipinski definition) is 0. The smallest absolute Gasteiger partial charge is 0.311 e. The van der Waals surface area contributed by atoms with Crippen LogP contribution >= 0.6 is 0 Å². The summed E-state index contributed by atoms with van der Waals surface area (Å²) < 4.78 is 11.6. The molecule has 0 aromatic heterocycles. The van der Waals surface area contributed by atoms with E-state index in [-0.39, 0.29) is 23.6 Å². The second-order valence-electron chi connectivity index (χ2n) is 6.56. The third-order valence-electron chi connectivity index (χ3n) is 5.18. The first-order valence-corrected chi connectivity index (χ1v) is 6.85. The molecule has 2 saturated carbocycles. The predicted molar refractivity (Wildman–Crippen MR) is 63.4 cm³/mol. The molecular weight excluding hydrogens is 216 g/mol.